The number of ether oxygens (including phenoxy) is 2. The van der Waals surface area contributed by atoms with E-state index in [9.17, 15) is 18.0 Å². The average molecular weight is 307 g/mol. The SMILES string of the molecule is COC(=O)CC(C)S(=O)(=O)CC(=O)NC1CCOCC1. The van der Waals surface area contributed by atoms with Crippen molar-refractivity contribution in [2.45, 2.75) is 37.5 Å². The molecule has 1 heterocycles. The molecule has 7 nitrogen and oxygen atoms in total. The molecular formula is C12H21NO6S. The van der Waals surface area contributed by atoms with Gasteiger partial charge in [-0.25, -0.2) is 8.42 Å². The number of hydrogen-bond donors (Lipinski definition) is 1. The van der Waals surface area contributed by atoms with E-state index in [4.69, 9.17) is 4.74 Å². The van der Waals surface area contributed by atoms with Crippen LogP contribution in [0.5, 0.6) is 0 Å². The lowest BCUT2D eigenvalue weighted by Crippen LogP contribution is -2.42. The molecule has 1 aliphatic rings. The van der Waals surface area contributed by atoms with Crippen molar-refractivity contribution in [1.82, 2.24) is 5.32 Å². The highest BCUT2D eigenvalue weighted by Crippen LogP contribution is 2.09. The normalized spacial score (nSPS) is 18.3. The first-order valence-electron chi connectivity index (χ1n) is 6.50. The van der Waals surface area contributed by atoms with E-state index in [1.54, 1.807) is 0 Å². The molecule has 1 unspecified atom stereocenters. The third-order valence-electron chi connectivity index (χ3n) is 3.21. The van der Waals surface area contributed by atoms with Crippen molar-refractivity contribution in [3.8, 4) is 0 Å². The Balaban J connectivity index is 2.47. The van der Waals surface area contributed by atoms with Crippen molar-refractivity contribution in [3.05, 3.63) is 0 Å². The highest BCUT2D eigenvalue weighted by atomic mass is 32.2. The second-order valence-electron chi connectivity index (χ2n) is 4.85. The smallest absolute Gasteiger partial charge is 0.306 e. The predicted octanol–water partition coefficient (Wildman–Crippen LogP) is -0.352. The van der Waals surface area contributed by atoms with Crippen LogP contribution < -0.4 is 5.32 Å². The van der Waals surface area contributed by atoms with Crippen LogP contribution in [0.15, 0.2) is 0 Å². The molecule has 1 amide bonds. The summed E-state index contributed by atoms with van der Waals surface area (Å²) in [5, 5.41) is 1.75. The standard InChI is InChI=1S/C12H21NO6S/c1-9(7-12(15)18-2)20(16,17)8-11(14)13-10-3-5-19-6-4-10/h9-10H,3-8H2,1-2H3,(H,13,14). The first-order valence-corrected chi connectivity index (χ1v) is 8.22. The summed E-state index contributed by atoms with van der Waals surface area (Å²) < 4.78 is 33.5. The fourth-order valence-electron chi connectivity index (χ4n) is 1.88. The largest absolute Gasteiger partial charge is 0.469 e. The first kappa shape index (κ1) is 16.9. The first-order chi connectivity index (χ1) is 9.35. The van der Waals surface area contributed by atoms with E-state index < -0.39 is 32.7 Å². The maximum atomic E-state index is 11.9. The Kier molecular flexibility index (Phi) is 6.41. The summed E-state index contributed by atoms with van der Waals surface area (Å²) in [5.41, 5.74) is 0. The van der Waals surface area contributed by atoms with Crippen LogP contribution in [0.3, 0.4) is 0 Å². The Labute approximate surface area is 118 Å². The van der Waals surface area contributed by atoms with Gasteiger partial charge in [0.2, 0.25) is 5.91 Å². The zero-order chi connectivity index (χ0) is 15.2. The van der Waals surface area contributed by atoms with E-state index in [0.29, 0.717) is 26.1 Å². The van der Waals surface area contributed by atoms with Crippen LogP contribution >= 0.6 is 0 Å². The second-order valence-corrected chi connectivity index (χ2v) is 7.27. The lowest BCUT2D eigenvalue weighted by Gasteiger charge is -2.23. The molecule has 0 bridgehead atoms. The summed E-state index contributed by atoms with van der Waals surface area (Å²) in [6.45, 7) is 2.53. The zero-order valence-corrected chi connectivity index (χ0v) is 12.6. The monoisotopic (exact) mass is 307 g/mol. The van der Waals surface area contributed by atoms with Crippen LogP contribution in [-0.2, 0) is 28.9 Å². The average Bonchev–Trinajstić information content (AvgIpc) is 2.38. The number of rotatable bonds is 6. The van der Waals surface area contributed by atoms with Gasteiger partial charge in [-0.15, -0.1) is 0 Å². The molecule has 0 aromatic rings. The van der Waals surface area contributed by atoms with Crippen LogP contribution in [0.4, 0.5) is 0 Å². The molecule has 0 aromatic carbocycles. The van der Waals surface area contributed by atoms with Gasteiger partial charge in [0.1, 0.15) is 5.75 Å². The van der Waals surface area contributed by atoms with E-state index in [1.165, 1.54) is 14.0 Å². The third-order valence-corrected chi connectivity index (χ3v) is 5.27. The lowest BCUT2D eigenvalue weighted by atomic mass is 10.1. The fourth-order valence-corrected chi connectivity index (χ4v) is 3.00. The van der Waals surface area contributed by atoms with E-state index >= 15 is 0 Å². The molecule has 1 atom stereocenters. The number of carbonyl (C=O) groups excluding carboxylic acids is 2. The van der Waals surface area contributed by atoms with Crippen LogP contribution in [-0.4, -0.2) is 57.7 Å². The summed E-state index contributed by atoms with van der Waals surface area (Å²) in [4.78, 5) is 22.8. The predicted molar refractivity (Wildman–Crippen MR) is 71.9 cm³/mol. The quantitative estimate of drug-likeness (QED) is 0.673. The van der Waals surface area contributed by atoms with Crippen molar-refractivity contribution < 1.29 is 27.5 Å². The summed E-state index contributed by atoms with van der Waals surface area (Å²) in [6.07, 6.45) is 1.12. The topological polar surface area (TPSA) is 98.8 Å². The summed E-state index contributed by atoms with van der Waals surface area (Å²) in [5.74, 6) is -1.75. The number of methoxy groups -OCH3 is 1. The number of amides is 1. The number of hydrogen-bond acceptors (Lipinski definition) is 6. The van der Waals surface area contributed by atoms with Gasteiger partial charge in [0.05, 0.1) is 18.8 Å². The van der Waals surface area contributed by atoms with Gasteiger partial charge in [-0.2, -0.15) is 0 Å². The number of esters is 1. The number of sulfone groups is 1. The Morgan fingerprint density at radius 1 is 1.35 bits per heavy atom. The zero-order valence-electron chi connectivity index (χ0n) is 11.8. The van der Waals surface area contributed by atoms with Crippen molar-refractivity contribution in [3.63, 3.8) is 0 Å². The third kappa shape index (κ3) is 5.46. The van der Waals surface area contributed by atoms with Gasteiger partial charge in [-0.3, -0.25) is 9.59 Å². The number of carbonyl (C=O) groups is 2. The minimum Gasteiger partial charge on any atom is -0.469 e. The minimum absolute atomic E-state index is 0.0395. The molecule has 0 aliphatic carbocycles. The molecule has 116 valence electrons. The summed E-state index contributed by atoms with van der Waals surface area (Å²) >= 11 is 0. The molecule has 0 spiro atoms. The highest BCUT2D eigenvalue weighted by Gasteiger charge is 2.28. The Morgan fingerprint density at radius 3 is 2.50 bits per heavy atom. The van der Waals surface area contributed by atoms with Gasteiger partial charge in [0, 0.05) is 19.3 Å². The fraction of sp³-hybridized carbons (Fsp3) is 0.833. The molecule has 1 rings (SSSR count). The molecule has 1 fully saturated rings. The highest BCUT2D eigenvalue weighted by molar-refractivity contribution is 7.92. The van der Waals surface area contributed by atoms with Gasteiger partial charge in [0.15, 0.2) is 9.84 Å². The van der Waals surface area contributed by atoms with E-state index in [0.717, 1.165) is 0 Å². The summed E-state index contributed by atoms with van der Waals surface area (Å²) in [7, 11) is -2.47. The molecule has 1 aliphatic heterocycles. The molecular weight excluding hydrogens is 286 g/mol. The number of nitrogens with one attached hydrogen (secondary N) is 1. The van der Waals surface area contributed by atoms with Crippen molar-refractivity contribution in [1.29, 1.82) is 0 Å². The van der Waals surface area contributed by atoms with Crippen LogP contribution in [0.2, 0.25) is 0 Å². The summed E-state index contributed by atoms with van der Waals surface area (Å²) in [6, 6.07) is -0.0395. The van der Waals surface area contributed by atoms with E-state index in [-0.39, 0.29) is 12.5 Å². The van der Waals surface area contributed by atoms with Crippen molar-refractivity contribution >= 4 is 21.7 Å². The minimum atomic E-state index is -3.66. The van der Waals surface area contributed by atoms with Crippen LogP contribution in [0, 0.1) is 0 Å². The Morgan fingerprint density at radius 2 is 1.95 bits per heavy atom. The van der Waals surface area contributed by atoms with Crippen LogP contribution in [0.1, 0.15) is 26.2 Å². The van der Waals surface area contributed by atoms with Gasteiger partial charge in [-0.1, -0.05) is 0 Å². The molecule has 20 heavy (non-hydrogen) atoms. The molecule has 1 N–H and O–H groups in total. The Bertz CT molecular complexity index is 441. The molecule has 8 heteroatoms. The Hall–Kier alpha value is -1.15. The van der Waals surface area contributed by atoms with Gasteiger partial charge >= 0.3 is 5.97 Å². The van der Waals surface area contributed by atoms with Gasteiger partial charge in [0.25, 0.3) is 0 Å². The molecule has 0 radical (unpaired) electrons. The maximum absolute atomic E-state index is 11.9. The van der Waals surface area contributed by atoms with Crippen molar-refractivity contribution in [2.75, 3.05) is 26.1 Å². The second kappa shape index (κ2) is 7.58. The molecule has 0 saturated carbocycles. The molecule has 0 aromatic heterocycles. The van der Waals surface area contributed by atoms with E-state index in [2.05, 4.69) is 10.1 Å². The van der Waals surface area contributed by atoms with E-state index in [1.807, 2.05) is 0 Å². The van der Waals surface area contributed by atoms with Gasteiger partial charge in [-0.05, 0) is 19.8 Å². The maximum Gasteiger partial charge on any atom is 0.306 e. The lowest BCUT2D eigenvalue weighted by molar-refractivity contribution is -0.140. The van der Waals surface area contributed by atoms with Gasteiger partial charge < -0.3 is 14.8 Å². The van der Waals surface area contributed by atoms with Crippen LogP contribution in [0.25, 0.3) is 0 Å². The molecule has 1 saturated heterocycles. The van der Waals surface area contributed by atoms with Crippen molar-refractivity contribution in [2.24, 2.45) is 0 Å².